The van der Waals surface area contributed by atoms with Gasteiger partial charge in [0.25, 0.3) is 0 Å². The highest BCUT2D eigenvalue weighted by molar-refractivity contribution is 9.11. The molecule has 0 spiro atoms. The van der Waals surface area contributed by atoms with Crippen LogP contribution < -0.4 is 10.6 Å². The number of carbonyl (C=O) groups excluding carboxylic acids is 1. The van der Waals surface area contributed by atoms with Crippen molar-refractivity contribution < 1.29 is 4.79 Å². The number of nitrogens with one attached hydrogen (secondary N) is 2. The highest BCUT2D eigenvalue weighted by atomic mass is 79.9. The fourth-order valence-corrected chi connectivity index (χ4v) is 3.24. The molecule has 0 aliphatic carbocycles. The average Bonchev–Trinajstić information content (AvgIpc) is 2.56. The summed E-state index contributed by atoms with van der Waals surface area (Å²) in [7, 11) is 0. The normalized spacial score (nSPS) is 21.6. The first kappa shape index (κ1) is 12.1. The minimum atomic E-state index is -0.0247. The minimum Gasteiger partial charge on any atom is -0.355 e. The molecule has 1 aliphatic heterocycles. The molecule has 1 aromatic rings. The maximum atomic E-state index is 11.7. The molecule has 1 amide bonds. The van der Waals surface area contributed by atoms with E-state index >= 15 is 0 Å². The van der Waals surface area contributed by atoms with Crippen LogP contribution >= 0.6 is 27.3 Å². The van der Waals surface area contributed by atoms with Crippen molar-refractivity contribution in [2.75, 3.05) is 6.54 Å². The van der Waals surface area contributed by atoms with E-state index in [4.69, 9.17) is 0 Å². The minimum absolute atomic E-state index is 0.0247. The van der Waals surface area contributed by atoms with Gasteiger partial charge in [0, 0.05) is 18.0 Å². The molecule has 1 aliphatic rings. The van der Waals surface area contributed by atoms with Crippen molar-refractivity contribution in [2.24, 2.45) is 0 Å². The van der Waals surface area contributed by atoms with Gasteiger partial charge >= 0.3 is 0 Å². The summed E-state index contributed by atoms with van der Waals surface area (Å²) in [5, 5.41) is 6.25. The third-order valence-electron chi connectivity index (χ3n) is 2.69. The van der Waals surface area contributed by atoms with Crippen molar-refractivity contribution in [3.63, 3.8) is 0 Å². The molecule has 1 atom stereocenters. The maximum absolute atomic E-state index is 11.7. The molecule has 0 bridgehead atoms. The maximum Gasteiger partial charge on any atom is 0.237 e. The van der Waals surface area contributed by atoms with E-state index in [1.54, 1.807) is 11.3 Å². The predicted molar refractivity (Wildman–Crippen MR) is 69.5 cm³/mol. The first-order valence-corrected chi connectivity index (χ1v) is 7.12. The van der Waals surface area contributed by atoms with Gasteiger partial charge in [0.05, 0.1) is 9.83 Å². The van der Waals surface area contributed by atoms with Crippen LogP contribution in [0.1, 0.15) is 24.1 Å². The molecule has 1 fully saturated rings. The van der Waals surface area contributed by atoms with E-state index in [9.17, 15) is 4.79 Å². The Kier molecular flexibility index (Phi) is 4.37. The highest BCUT2D eigenvalue weighted by Crippen LogP contribution is 2.22. The Morgan fingerprint density at radius 3 is 3.12 bits per heavy atom. The van der Waals surface area contributed by atoms with E-state index in [0.29, 0.717) is 0 Å². The average molecular weight is 303 g/mol. The van der Waals surface area contributed by atoms with Gasteiger partial charge in [0.15, 0.2) is 0 Å². The van der Waals surface area contributed by atoms with E-state index in [1.807, 2.05) is 6.07 Å². The largest absolute Gasteiger partial charge is 0.355 e. The lowest BCUT2D eigenvalue weighted by atomic mass is 10.1. The van der Waals surface area contributed by atoms with Gasteiger partial charge in [-0.1, -0.05) is 0 Å². The zero-order valence-electron chi connectivity index (χ0n) is 8.96. The summed E-state index contributed by atoms with van der Waals surface area (Å²) in [6.45, 7) is 1.59. The van der Waals surface area contributed by atoms with Crippen LogP contribution in [-0.2, 0) is 11.3 Å². The van der Waals surface area contributed by atoms with Crippen molar-refractivity contribution >= 4 is 33.2 Å². The van der Waals surface area contributed by atoms with Crippen LogP contribution in [0, 0.1) is 0 Å². The molecular weight excluding hydrogens is 288 g/mol. The highest BCUT2D eigenvalue weighted by Gasteiger charge is 2.19. The van der Waals surface area contributed by atoms with Crippen molar-refractivity contribution in [3.8, 4) is 0 Å². The fraction of sp³-hybridized carbons (Fsp3) is 0.545. The lowest BCUT2D eigenvalue weighted by Crippen LogP contribution is -2.42. The summed E-state index contributed by atoms with van der Waals surface area (Å²) in [6, 6.07) is 4.09. The second-order valence-corrected chi connectivity index (χ2v) is 6.47. The Balaban J connectivity index is 1.86. The predicted octanol–water partition coefficient (Wildman–Crippen LogP) is 2.27. The Labute approximate surface area is 108 Å². The number of thiophene rings is 1. The lowest BCUT2D eigenvalue weighted by Gasteiger charge is -2.14. The molecule has 88 valence electrons. The molecule has 2 rings (SSSR count). The number of rotatable bonds is 3. The van der Waals surface area contributed by atoms with Crippen molar-refractivity contribution in [3.05, 3.63) is 20.8 Å². The van der Waals surface area contributed by atoms with E-state index in [0.717, 1.165) is 36.1 Å². The first-order chi connectivity index (χ1) is 7.75. The van der Waals surface area contributed by atoms with Crippen LogP contribution in [0.3, 0.4) is 0 Å². The SMILES string of the molecule is O=C1NCCCCC1NCc1ccc(Br)s1. The molecule has 16 heavy (non-hydrogen) atoms. The summed E-state index contributed by atoms with van der Waals surface area (Å²) in [4.78, 5) is 12.9. The van der Waals surface area contributed by atoms with Gasteiger partial charge in [0.2, 0.25) is 5.91 Å². The number of hydrogen-bond acceptors (Lipinski definition) is 3. The summed E-state index contributed by atoms with van der Waals surface area (Å²) in [6.07, 6.45) is 3.15. The zero-order valence-corrected chi connectivity index (χ0v) is 11.4. The van der Waals surface area contributed by atoms with Gasteiger partial charge in [-0.25, -0.2) is 0 Å². The van der Waals surface area contributed by atoms with E-state index in [1.165, 1.54) is 4.88 Å². The molecule has 0 radical (unpaired) electrons. The molecule has 0 aromatic carbocycles. The molecule has 1 unspecified atom stereocenters. The summed E-state index contributed by atoms with van der Waals surface area (Å²) < 4.78 is 1.13. The Morgan fingerprint density at radius 2 is 2.38 bits per heavy atom. The number of halogens is 1. The van der Waals surface area contributed by atoms with Crippen LogP contribution in [0.25, 0.3) is 0 Å². The Hall–Kier alpha value is -0.390. The Morgan fingerprint density at radius 1 is 1.50 bits per heavy atom. The lowest BCUT2D eigenvalue weighted by molar-refractivity contribution is -0.122. The monoisotopic (exact) mass is 302 g/mol. The van der Waals surface area contributed by atoms with Crippen LogP contribution in [0.5, 0.6) is 0 Å². The van der Waals surface area contributed by atoms with Crippen LogP contribution in [-0.4, -0.2) is 18.5 Å². The molecule has 2 heterocycles. The number of carbonyl (C=O) groups is 1. The molecule has 1 aromatic heterocycles. The number of hydrogen-bond donors (Lipinski definition) is 2. The fourth-order valence-electron chi connectivity index (χ4n) is 1.80. The van der Waals surface area contributed by atoms with Crippen molar-refractivity contribution in [1.29, 1.82) is 0 Å². The zero-order chi connectivity index (χ0) is 11.4. The molecular formula is C11H15BrN2OS. The second kappa shape index (κ2) is 5.80. The molecule has 1 saturated heterocycles. The molecule has 2 N–H and O–H groups in total. The smallest absolute Gasteiger partial charge is 0.237 e. The summed E-state index contributed by atoms with van der Waals surface area (Å²) in [5.74, 6) is 0.146. The third-order valence-corrected chi connectivity index (χ3v) is 4.31. The van der Waals surface area contributed by atoms with E-state index in [2.05, 4.69) is 32.6 Å². The van der Waals surface area contributed by atoms with Gasteiger partial charge in [-0.3, -0.25) is 4.79 Å². The first-order valence-electron chi connectivity index (χ1n) is 5.51. The molecule has 3 nitrogen and oxygen atoms in total. The van der Waals surface area contributed by atoms with E-state index < -0.39 is 0 Å². The van der Waals surface area contributed by atoms with Gasteiger partial charge in [0.1, 0.15) is 0 Å². The van der Waals surface area contributed by atoms with Crippen molar-refractivity contribution in [2.45, 2.75) is 31.8 Å². The van der Waals surface area contributed by atoms with Gasteiger partial charge in [-0.15, -0.1) is 11.3 Å². The standard InChI is InChI=1S/C11H15BrN2OS/c12-10-5-4-8(16-10)7-14-9-3-1-2-6-13-11(9)15/h4-5,9,14H,1-3,6-7H2,(H,13,15). The topological polar surface area (TPSA) is 41.1 Å². The number of amides is 1. The molecule has 0 saturated carbocycles. The molecule has 5 heteroatoms. The van der Waals surface area contributed by atoms with Crippen LogP contribution in [0.15, 0.2) is 15.9 Å². The second-order valence-electron chi connectivity index (χ2n) is 3.93. The van der Waals surface area contributed by atoms with Gasteiger partial charge < -0.3 is 10.6 Å². The van der Waals surface area contributed by atoms with Gasteiger partial charge in [-0.05, 0) is 47.3 Å². The van der Waals surface area contributed by atoms with Crippen LogP contribution in [0.4, 0.5) is 0 Å². The Bertz CT molecular complexity index is 367. The van der Waals surface area contributed by atoms with E-state index in [-0.39, 0.29) is 11.9 Å². The summed E-state index contributed by atoms with van der Waals surface area (Å²) >= 11 is 5.14. The van der Waals surface area contributed by atoms with Crippen LogP contribution in [0.2, 0.25) is 0 Å². The van der Waals surface area contributed by atoms with Gasteiger partial charge in [-0.2, -0.15) is 0 Å². The third kappa shape index (κ3) is 3.30. The summed E-state index contributed by atoms with van der Waals surface area (Å²) in [5.41, 5.74) is 0. The quantitative estimate of drug-likeness (QED) is 0.899. The van der Waals surface area contributed by atoms with Crippen molar-refractivity contribution in [1.82, 2.24) is 10.6 Å².